The predicted octanol–water partition coefficient (Wildman–Crippen LogP) is 1.90. The van der Waals surface area contributed by atoms with Crippen LogP contribution >= 0.6 is 11.8 Å². The summed E-state index contributed by atoms with van der Waals surface area (Å²) >= 11 is 1.84. The number of aliphatic hydroxyl groups is 1. The molecule has 9 heavy (non-hydrogen) atoms. The van der Waals surface area contributed by atoms with Gasteiger partial charge in [0.05, 0.1) is 6.10 Å². The van der Waals surface area contributed by atoms with E-state index in [9.17, 15) is 0 Å². The second kappa shape index (κ2) is 6.43. The Morgan fingerprint density at radius 3 is 2.67 bits per heavy atom. The number of hydrogen-bond acceptors (Lipinski definition) is 2. The van der Waals surface area contributed by atoms with E-state index in [1.165, 1.54) is 18.6 Å². The zero-order valence-corrected chi connectivity index (χ0v) is 7.08. The summed E-state index contributed by atoms with van der Waals surface area (Å²) in [7, 11) is 0. The van der Waals surface area contributed by atoms with Gasteiger partial charge in [-0.15, -0.1) is 0 Å². The van der Waals surface area contributed by atoms with Crippen molar-refractivity contribution < 1.29 is 5.11 Å². The molecule has 0 saturated heterocycles. The Hall–Kier alpha value is 0.310. The van der Waals surface area contributed by atoms with Crippen LogP contribution in [0.3, 0.4) is 0 Å². The van der Waals surface area contributed by atoms with Gasteiger partial charge in [-0.1, -0.05) is 13.3 Å². The van der Waals surface area contributed by atoms with Gasteiger partial charge in [0.2, 0.25) is 0 Å². The Morgan fingerprint density at radius 2 is 2.22 bits per heavy atom. The van der Waals surface area contributed by atoms with Crippen LogP contribution in [0.4, 0.5) is 0 Å². The molecule has 0 heterocycles. The van der Waals surface area contributed by atoms with E-state index < -0.39 is 0 Å². The second-order valence-electron chi connectivity index (χ2n) is 2.28. The molecular weight excluding hydrogens is 132 g/mol. The molecule has 0 aliphatic carbocycles. The molecular formula is C7H16OS. The molecule has 56 valence electrons. The molecule has 0 rings (SSSR count). The van der Waals surface area contributed by atoms with Gasteiger partial charge in [0, 0.05) is 5.75 Å². The van der Waals surface area contributed by atoms with Crippen molar-refractivity contribution in [3.05, 3.63) is 0 Å². The topological polar surface area (TPSA) is 20.2 Å². The van der Waals surface area contributed by atoms with Crippen molar-refractivity contribution in [1.82, 2.24) is 0 Å². The molecule has 0 aromatic carbocycles. The molecule has 1 N–H and O–H groups in total. The van der Waals surface area contributed by atoms with E-state index in [1.54, 1.807) is 0 Å². The van der Waals surface area contributed by atoms with Crippen molar-refractivity contribution in [2.75, 3.05) is 11.5 Å². The highest BCUT2D eigenvalue weighted by molar-refractivity contribution is 7.99. The Bertz CT molecular complexity index is 54.9. The predicted molar refractivity (Wildman–Crippen MR) is 43.9 cm³/mol. The van der Waals surface area contributed by atoms with Crippen LogP contribution in [0.25, 0.3) is 0 Å². The monoisotopic (exact) mass is 148 g/mol. The molecule has 1 atom stereocenters. The van der Waals surface area contributed by atoms with Crippen LogP contribution in [-0.2, 0) is 0 Å². The van der Waals surface area contributed by atoms with Gasteiger partial charge in [0.25, 0.3) is 0 Å². The maximum atomic E-state index is 8.83. The van der Waals surface area contributed by atoms with Gasteiger partial charge in [-0.05, 0) is 19.1 Å². The van der Waals surface area contributed by atoms with Gasteiger partial charge in [0.15, 0.2) is 0 Å². The Morgan fingerprint density at radius 1 is 1.56 bits per heavy atom. The van der Waals surface area contributed by atoms with Crippen molar-refractivity contribution in [2.45, 2.75) is 32.8 Å². The number of rotatable bonds is 5. The molecule has 0 aromatic rings. The zero-order chi connectivity index (χ0) is 7.11. The van der Waals surface area contributed by atoms with Crippen LogP contribution in [0.5, 0.6) is 0 Å². The molecule has 0 fully saturated rings. The first-order valence-corrected chi connectivity index (χ1v) is 4.68. The lowest BCUT2D eigenvalue weighted by Gasteiger charge is -2.01. The normalized spacial score (nSPS) is 13.7. The Balaban J connectivity index is 2.75. The van der Waals surface area contributed by atoms with Crippen molar-refractivity contribution in [3.8, 4) is 0 Å². The molecule has 1 nitrogen and oxygen atoms in total. The fourth-order valence-electron chi connectivity index (χ4n) is 0.500. The SMILES string of the molecule is CCCCSC[C@@H](C)O. The molecule has 0 saturated carbocycles. The molecule has 0 aromatic heterocycles. The van der Waals surface area contributed by atoms with E-state index in [1.807, 2.05) is 18.7 Å². The van der Waals surface area contributed by atoms with Crippen LogP contribution in [0.1, 0.15) is 26.7 Å². The average Bonchev–Trinajstić information content (AvgIpc) is 1.80. The summed E-state index contributed by atoms with van der Waals surface area (Å²) in [5.74, 6) is 2.08. The number of hydrogen-bond donors (Lipinski definition) is 1. The first kappa shape index (κ1) is 9.31. The van der Waals surface area contributed by atoms with Crippen LogP contribution in [0.2, 0.25) is 0 Å². The second-order valence-corrected chi connectivity index (χ2v) is 3.43. The van der Waals surface area contributed by atoms with E-state index >= 15 is 0 Å². The Labute approximate surface area is 61.8 Å². The third-order valence-electron chi connectivity index (χ3n) is 1.00. The highest BCUT2D eigenvalue weighted by Crippen LogP contribution is 2.05. The maximum Gasteiger partial charge on any atom is 0.0602 e. The smallest absolute Gasteiger partial charge is 0.0602 e. The summed E-state index contributed by atoms with van der Waals surface area (Å²) in [6.45, 7) is 4.02. The van der Waals surface area contributed by atoms with E-state index in [4.69, 9.17) is 5.11 Å². The average molecular weight is 148 g/mol. The highest BCUT2D eigenvalue weighted by Gasteiger charge is 1.93. The fraction of sp³-hybridized carbons (Fsp3) is 1.00. The highest BCUT2D eigenvalue weighted by atomic mass is 32.2. The quantitative estimate of drug-likeness (QED) is 0.601. The number of unbranched alkanes of at least 4 members (excludes halogenated alkanes) is 1. The molecule has 0 spiro atoms. The van der Waals surface area contributed by atoms with Gasteiger partial charge in [-0.25, -0.2) is 0 Å². The molecule has 2 heteroatoms. The van der Waals surface area contributed by atoms with Gasteiger partial charge < -0.3 is 5.11 Å². The van der Waals surface area contributed by atoms with Gasteiger partial charge in [0.1, 0.15) is 0 Å². The maximum absolute atomic E-state index is 8.83. The minimum absolute atomic E-state index is 0.133. The summed E-state index contributed by atoms with van der Waals surface area (Å²) in [6.07, 6.45) is 2.40. The van der Waals surface area contributed by atoms with Gasteiger partial charge in [-0.3, -0.25) is 0 Å². The lowest BCUT2D eigenvalue weighted by Crippen LogP contribution is -2.02. The van der Waals surface area contributed by atoms with Gasteiger partial charge >= 0.3 is 0 Å². The van der Waals surface area contributed by atoms with E-state index in [2.05, 4.69) is 6.92 Å². The van der Waals surface area contributed by atoms with Crippen molar-refractivity contribution in [1.29, 1.82) is 0 Å². The van der Waals surface area contributed by atoms with Crippen molar-refractivity contribution in [3.63, 3.8) is 0 Å². The summed E-state index contributed by atoms with van der Waals surface area (Å²) < 4.78 is 0. The largest absolute Gasteiger partial charge is 0.393 e. The van der Waals surface area contributed by atoms with Crippen LogP contribution in [0.15, 0.2) is 0 Å². The standard InChI is InChI=1S/C7H16OS/c1-3-4-5-9-6-7(2)8/h7-8H,3-6H2,1-2H3/t7-/m1/s1. The Kier molecular flexibility index (Phi) is 6.65. The third-order valence-corrected chi connectivity index (χ3v) is 2.30. The van der Waals surface area contributed by atoms with Crippen molar-refractivity contribution >= 4 is 11.8 Å². The van der Waals surface area contributed by atoms with E-state index in [-0.39, 0.29) is 6.10 Å². The molecule has 0 radical (unpaired) electrons. The summed E-state index contributed by atoms with van der Waals surface area (Å²) in [4.78, 5) is 0. The third kappa shape index (κ3) is 8.31. The molecule has 0 aliphatic rings. The fourth-order valence-corrected chi connectivity index (χ4v) is 1.50. The lowest BCUT2D eigenvalue weighted by molar-refractivity contribution is 0.220. The van der Waals surface area contributed by atoms with E-state index in [0.717, 1.165) is 5.75 Å². The minimum Gasteiger partial charge on any atom is -0.393 e. The molecule has 0 bridgehead atoms. The minimum atomic E-state index is -0.133. The summed E-state index contributed by atoms with van der Waals surface area (Å²) in [6, 6.07) is 0. The zero-order valence-electron chi connectivity index (χ0n) is 6.26. The van der Waals surface area contributed by atoms with Crippen LogP contribution in [0, 0.1) is 0 Å². The van der Waals surface area contributed by atoms with E-state index in [0.29, 0.717) is 0 Å². The number of thioether (sulfide) groups is 1. The number of aliphatic hydroxyl groups excluding tert-OH is 1. The van der Waals surface area contributed by atoms with Crippen LogP contribution < -0.4 is 0 Å². The molecule has 0 aliphatic heterocycles. The lowest BCUT2D eigenvalue weighted by atomic mass is 10.4. The first-order chi connectivity index (χ1) is 4.27. The van der Waals surface area contributed by atoms with Gasteiger partial charge in [-0.2, -0.15) is 11.8 Å². The summed E-state index contributed by atoms with van der Waals surface area (Å²) in [5.41, 5.74) is 0. The molecule has 0 amide bonds. The molecule has 0 unspecified atom stereocenters. The first-order valence-electron chi connectivity index (χ1n) is 3.53. The summed E-state index contributed by atoms with van der Waals surface area (Å²) in [5, 5.41) is 8.83. The van der Waals surface area contributed by atoms with Crippen LogP contribution in [-0.4, -0.2) is 22.7 Å². The van der Waals surface area contributed by atoms with Crippen molar-refractivity contribution in [2.24, 2.45) is 0 Å².